The van der Waals surface area contributed by atoms with Gasteiger partial charge in [0.25, 0.3) is 0 Å². The molecule has 150 valence electrons. The number of nitrogens with zero attached hydrogens (tertiary/aromatic N) is 3. The van der Waals surface area contributed by atoms with Crippen LogP contribution in [0, 0.1) is 0 Å². The van der Waals surface area contributed by atoms with Gasteiger partial charge in [0, 0.05) is 51.4 Å². The third kappa shape index (κ3) is 5.82. The van der Waals surface area contributed by atoms with Crippen LogP contribution in [0.4, 0.5) is 0 Å². The van der Waals surface area contributed by atoms with Crippen molar-refractivity contribution >= 4 is 15.8 Å². The molecule has 26 heavy (non-hydrogen) atoms. The lowest BCUT2D eigenvalue weighted by Gasteiger charge is -2.26. The van der Waals surface area contributed by atoms with Crippen molar-refractivity contribution in [3.8, 4) is 0 Å². The van der Waals surface area contributed by atoms with E-state index in [1.54, 1.807) is 0 Å². The van der Waals surface area contributed by atoms with Gasteiger partial charge in [-0.1, -0.05) is 12.8 Å². The molecule has 3 aliphatic rings. The van der Waals surface area contributed by atoms with E-state index in [2.05, 4.69) is 27.4 Å². The highest BCUT2D eigenvalue weighted by atomic mass is 32.2. The van der Waals surface area contributed by atoms with E-state index in [0.717, 1.165) is 31.6 Å². The number of sulfone groups is 1. The summed E-state index contributed by atoms with van der Waals surface area (Å²) in [5.74, 6) is 1.47. The molecule has 1 aliphatic carbocycles. The van der Waals surface area contributed by atoms with Crippen LogP contribution >= 0.6 is 0 Å². The van der Waals surface area contributed by atoms with Crippen molar-refractivity contribution in [3.05, 3.63) is 0 Å². The molecule has 1 atom stereocenters. The first-order valence-electron chi connectivity index (χ1n) is 10.3. The molecule has 2 aliphatic heterocycles. The Morgan fingerprint density at radius 1 is 1.12 bits per heavy atom. The maximum atomic E-state index is 11.5. The summed E-state index contributed by atoms with van der Waals surface area (Å²) in [4.78, 5) is 9.57. The predicted molar refractivity (Wildman–Crippen MR) is 106 cm³/mol. The number of hydrogen-bond donors (Lipinski definition) is 2. The van der Waals surface area contributed by atoms with Gasteiger partial charge in [-0.3, -0.25) is 14.8 Å². The van der Waals surface area contributed by atoms with Gasteiger partial charge in [0.2, 0.25) is 0 Å². The predicted octanol–water partition coefficient (Wildman–Crippen LogP) is 0.289. The summed E-state index contributed by atoms with van der Waals surface area (Å²) in [6.07, 6.45) is 6.70. The van der Waals surface area contributed by atoms with Gasteiger partial charge in [0.15, 0.2) is 15.8 Å². The highest BCUT2D eigenvalue weighted by Gasteiger charge is 2.30. The molecule has 3 rings (SSSR count). The molecule has 7 nitrogen and oxygen atoms in total. The Balaban J connectivity index is 1.42. The molecule has 0 aromatic rings. The molecule has 3 fully saturated rings. The Morgan fingerprint density at radius 3 is 2.54 bits per heavy atom. The molecular formula is C18H35N5O2S. The van der Waals surface area contributed by atoms with Crippen LogP contribution in [-0.2, 0) is 9.84 Å². The molecule has 0 aromatic heterocycles. The van der Waals surface area contributed by atoms with Crippen molar-refractivity contribution in [3.63, 3.8) is 0 Å². The van der Waals surface area contributed by atoms with E-state index in [1.165, 1.54) is 38.6 Å². The normalized spacial score (nSPS) is 28.5. The van der Waals surface area contributed by atoms with Crippen molar-refractivity contribution in [2.75, 3.05) is 57.3 Å². The first-order chi connectivity index (χ1) is 12.6. The van der Waals surface area contributed by atoms with E-state index in [0.29, 0.717) is 25.7 Å². The van der Waals surface area contributed by atoms with Crippen LogP contribution in [0.25, 0.3) is 0 Å². The van der Waals surface area contributed by atoms with Gasteiger partial charge < -0.3 is 10.6 Å². The average molecular weight is 386 g/mol. The minimum absolute atomic E-state index is 0.286. The summed E-state index contributed by atoms with van der Waals surface area (Å²) in [5.41, 5.74) is 0. The summed E-state index contributed by atoms with van der Waals surface area (Å²) in [7, 11) is -2.80. The Bertz CT molecular complexity index is 560. The lowest BCUT2D eigenvalue weighted by Crippen LogP contribution is -2.46. The molecule has 0 bridgehead atoms. The Labute approximate surface area is 158 Å². The largest absolute Gasteiger partial charge is 0.357 e. The summed E-state index contributed by atoms with van der Waals surface area (Å²) >= 11 is 0. The van der Waals surface area contributed by atoms with Gasteiger partial charge in [-0.05, 0) is 26.2 Å². The zero-order valence-corrected chi connectivity index (χ0v) is 16.9. The van der Waals surface area contributed by atoms with Crippen molar-refractivity contribution in [1.29, 1.82) is 0 Å². The number of aliphatic imine (C=N–C) groups is 1. The number of guanidine groups is 1. The minimum Gasteiger partial charge on any atom is -0.357 e. The van der Waals surface area contributed by atoms with Gasteiger partial charge in [-0.2, -0.15) is 0 Å². The fourth-order valence-corrected chi connectivity index (χ4v) is 5.57. The maximum Gasteiger partial charge on any atom is 0.191 e. The van der Waals surface area contributed by atoms with E-state index in [1.807, 2.05) is 0 Å². The van der Waals surface area contributed by atoms with E-state index in [9.17, 15) is 8.42 Å². The first kappa shape index (κ1) is 19.9. The third-order valence-electron chi connectivity index (χ3n) is 5.87. The number of hydrogen-bond acceptors (Lipinski definition) is 5. The summed E-state index contributed by atoms with van der Waals surface area (Å²) < 4.78 is 23.0. The minimum atomic E-state index is -2.80. The zero-order chi connectivity index (χ0) is 18.4. The second-order valence-corrected chi connectivity index (χ2v) is 10.1. The highest BCUT2D eigenvalue weighted by Crippen LogP contribution is 2.26. The zero-order valence-electron chi connectivity index (χ0n) is 16.1. The smallest absolute Gasteiger partial charge is 0.191 e. The van der Waals surface area contributed by atoms with Gasteiger partial charge in [-0.25, -0.2) is 8.42 Å². The molecule has 0 spiro atoms. The Morgan fingerprint density at radius 2 is 1.85 bits per heavy atom. The molecule has 2 heterocycles. The van der Waals surface area contributed by atoms with Crippen LogP contribution < -0.4 is 10.6 Å². The van der Waals surface area contributed by atoms with Crippen molar-refractivity contribution in [1.82, 2.24) is 20.4 Å². The molecule has 0 radical (unpaired) electrons. The quantitative estimate of drug-likeness (QED) is 0.506. The van der Waals surface area contributed by atoms with Crippen LogP contribution in [0.1, 0.15) is 39.0 Å². The topological polar surface area (TPSA) is 77.0 Å². The molecule has 2 saturated heterocycles. The molecule has 8 heteroatoms. The monoisotopic (exact) mass is 385 g/mol. The van der Waals surface area contributed by atoms with Gasteiger partial charge in [0.05, 0.1) is 18.1 Å². The second kappa shape index (κ2) is 9.37. The van der Waals surface area contributed by atoms with Gasteiger partial charge in [0.1, 0.15) is 0 Å². The lowest BCUT2D eigenvalue weighted by atomic mass is 10.2. The van der Waals surface area contributed by atoms with Crippen LogP contribution in [0.3, 0.4) is 0 Å². The third-order valence-corrected chi connectivity index (χ3v) is 7.48. The van der Waals surface area contributed by atoms with E-state index in [-0.39, 0.29) is 11.5 Å². The van der Waals surface area contributed by atoms with E-state index in [4.69, 9.17) is 4.99 Å². The lowest BCUT2D eigenvalue weighted by molar-refractivity contribution is 0.242. The summed E-state index contributed by atoms with van der Waals surface area (Å²) in [5, 5.41) is 6.95. The van der Waals surface area contributed by atoms with Crippen LogP contribution in [0.15, 0.2) is 4.99 Å². The molecule has 2 N–H and O–H groups in total. The van der Waals surface area contributed by atoms with Crippen molar-refractivity contribution in [2.45, 2.75) is 51.1 Å². The fraction of sp³-hybridized carbons (Fsp3) is 0.944. The molecule has 1 saturated carbocycles. The van der Waals surface area contributed by atoms with E-state index >= 15 is 0 Å². The fourth-order valence-electron chi connectivity index (χ4n) is 4.30. The Kier molecular flexibility index (Phi) is 7.17. The first-order valence-corrected chi connectivity index (χ1v) is 12.1. The number of likely N-dealkylation sites (tertiary alicyclic amines) is 1. The second-order valence-electron chi connectivity index (χ2n) is 7.82. The van der Waals surface area contributed by atoms with Crippen molar-refractivity contribution < 1.29 is 8.42 Å². The standard InChI is InChI=1S/C18H35N5O2S/c1-2-19-18(20-8-10-22-11-13-26(24,25)14-12-22)21-16-7-9-23(15-16)17-5-3-4-6-17/h16-17H,2-15H2,1H3,(H2,19,20,21). The molecule has 1 unspecified atom stereocenters. The molecule has 0 aromatic carbocycles. The van der Waals surface area contributed by atoms with Crippen LogP contribution in [0.5, 0.6) is 0 Å². The van der Waals surface area contributed by atoms with Gasteiger partial charge in [-0.15, -0.1) is 0 Å². The SMILES string of the molecule is CCNC(=NCCN1CCS(=O)(=O)CC1)NC1CCN(C2CCCC2)C1. The number of nitrogens with one attached hydrogen (secondary N) is 2. The van der Waals surface area contributed by atoms with Gasteiger partial charge >= 0.3 is 0 Å². The maximum absolute atomic E-state index is 11.5. The van der Waals surface area contributed by atoms with Crippen LogP contribution in [-0.4, -0.2) is 93.6 Å². The summed E-state index contributed by atoms with van der Waals surface area (Å²) in [6, 6.07) is 1.28. The average Bonchev–Trinajstić information content (AvgIpc) is 3.28. The highest BCUT2D eigenvalue weighted by molar-refractivity contribution is 7.91. The molecular weight excluding hydrogens is 350 g/mol. The van der Waals surface area contributed by atoms with Crippen LogP contribution in [0.2, 0.25) is 0 Å². The Hall–Kier alpha value is -0.860. The molecule has 0 amide bonds. The van der Waals surface area contributed by atoms with E-state index < -0.39 is 9.84 Å². The number of rotatable bonds is 6. The summed E-state index contributed by atoms with van der Waals surface area (Å²) in [6.45, 7) is 8.07. The van der Waals surface area contributed by atoms with Crippen molar-refractivity contribution in [2.24, 2.45) is 4.99 Å².